The van der Waals surface area contributed by atoms with Crippen molar-refractivity contribution < 1.29 is 9.53 Å². The Morgan fingerprint density at radius 1 is 1.00 bits per heavy atom. The summed E-state index contributed by atoms with van der Waals surface area (Å²) in [4.78, 5) is 11.5. The zero-order chi connectivity index (χ0) is 9.54. The first kappa shape index (κ1) is 8.04. The summed E-state index contributed by atoms with van der Waals surface area (Å²) in [5.41, 5.74) is 0.993. The van der Waals surface area contributed by atoms with E-state index in [-0.39, 0.29) is 5.97 Å². The van der Waals surface area contributed by atoms with E-state index in [0.29, 0.717) is 11.7 Å². The van der Waals surface area contributed by atoms with Gasteiger partial charge in [0.1, 0.15) is 11.7 Å². The van der Waals surface area contributed by atoms with Gasteiger partial charge in [-0.25, -0.2) is 0 Å². The van der Waals surface area contributed by atoms with Gasteiger partial charge in [-0.1, -0.05) is 18.2 Å². The average molecular weight is 183 g/mol. The van der Waals surface area contributed by atoms with E-state index < -0.39 is 0 Å². The normalized spacial score (nSPS) is 21.6. The fourth-order valence-corrected chi connectivity index (χ4v) is 1.77. The molecule has 0 amide bonds. The van der Waals surface area contributed by atoms with Crippen LogP contribution in [0.15, 0.2) is 24.3 Å². The molecule has 0 aromatic heterocycles. The van der Waals surface area contributed by atoms with Crippen molar-refractivity contribution in [1.29, 1.82) is 0 Å². The first-order valence-electron chi connectivity index (χ1n) is 4.43. The number of carbonyl (C=O) groups is 1. The maximum absolute atomic E-state index is 11.5. The maximum atomic E-state index is 11.5. The molecule has 1 aromatic rings. The molecule has 0 unspecified atom stereocenters. The Morgan fingerprint density at radius 2 is 1.79 bits per heavy atom. The molecule has 1 aliphatic carbocycles. The number of ether oxygens (including phenoxy) is 1. The molecule has 14 heavy (non-hydrogen) atoms. The first-order valence-corrected chi connectivity index (χ1v) is 4.43. The second-order valence-electron chi connectivity index (χ2n) is 3.24. The number of rotatable bonds is 0. The quantitative estimate of drug-likeness (QED) is 0.452. The lowest BCUT2D eigenvalue weighted by Crippen LogP contribution is -2.27. The highest BCUT2D eigenvalue weighted by Gasteiger charge is 2.42. The van der Waals surface area contributed by atoms with Gasteiger partial charge >= 0.3 is 5.97 Å². The van der Waals surface area contributed by atoms with Gasteiger partial charge in [0, 0.05) is 11.5 Å². The van der Waals surface area contributed by atoms with Gasteiger partial charge in [-0.15, -0.1) is 0 Å². The fraction of sp³-hybridized carbons (Fsp3) is 0. The maximum Gasteiger partial charge on any atom is 0.319 e. The Morgan fingerprint density at radius 3 is 2.71 bits per heavy atom. The number of esters is 1. The SMILES string of the molecule is O=C1Oc2ccccc2[C]2[CH][CH][CH][C]21. The summed E-state index contributed by atoms with van der Waals surface area (Å²) in [7, 11) is 0. The van der Waals surface area contributed by atoms with Gasteiger partial charge in [-0.3, -0.25) is 4.79 Å². The molecule has 0 spiro atoms. The molecule has 0 N–H and O–H groups in total. The van der Waals surface area contributed by atoms with Gasteiger partial charge in [-0.05, 0) is 25.3 Å². The molecule has 0 atom stereocenters. The van der Waals surface area contributed by atoms with Crippen molar-refractivity contribution >= 4 is 5.97 Å². The van der Waals surface area contributed by atoms with E-state index in [0.717, 1.165) is 11.5 Å². The summed E-state index contributed by atoms with van der Waals surface area (Å²) in [6.07, 6.45) is 5.59. The second kappa shape index (κ2) is 2.84. The van der Waals surface area contributed by atoms with Crippen molar-refractivity contribution in [2.45, 2.75) is 0 Å². The molecule has 0 saturated heterocycles. The number of benzene rings is 1. The standard InChI is InChI=1S/C12H7O2/c13-12-10-6-3-5-8(10)9-4-1-2-7-11(9)14-12/h1-7H. The molecule has 3 rings (SSSR count). The van der Waals surface area contributed by atoms with E-state index in [1.165, 1.54) is 0 Å². The minimum absolute atomic E-state index is 0.260. The molecule has 1 aliphatic heterocycles. The van der Waals surface area contributed by atoms with Gasteiger partial charge in [0.25, 0.3) is 0 Å². The molecule has 0 bridgehead atoms. The largest absolute Gasteiger partial charge is 0.426 e. The van der Waals surface area contributed by atoms with Crippen molar-refractivity contribution in [3.8, 4) is 5.75 Å². The zero-order valence-corrected chi connectivity index (χ0v) is 7.36. The zero-order valence-electron chi connectivity index (χ0n) is 7.36. The minimum Gasteiger partial charge on any atom is -0.426 e. The van der Waals surface area contributed by atoms with Gasteiger partial charge in [-0.2, -0.15) is 0 Å². The van der Waals surface area contributed by atoms with Gasteiger partial charge in [0.15, 0.2) is 0 Å². The van der Waals surface area contributed by atoms with Crippen LogP contribution in [0.5, 0.6) is 5.75 Å². The smallest absolute Gasteiger partial charge is 0.319 e. The molecule has 2 heteroatoms. The fourth-order valence-electron chi connectivity index (χ4n) is 1.77. The molecule has 2 nitrogen and oxygen atoms in total. The number of hydrogen-bond acceptors (Lipinski definition) is 2. The van der Waals surface area contributed by atoms with Gasteiger partial charge in [0.2, 0.25) is 0 Å². The van der Waals surface area contributed by atoms with Crippen LogP contribution >= 0.6 is 0 Å². The number of hydrogen-bond donors (Lipinski definition) is 0. The topological polar surface area (TPSA) is 26.3 Å². The minimum atomic E-state index is -0.260. The third kappa shape index (κ3) is 0.999. The van der Waals surface area contributed by atoms with Crippen molar-refractivity contribution in [2.75, 3.05) is 0 Å². The van der Waals surface area contributed by atoms with Gasteiger partial charge < -0.3 is 4.74 Å². The third-order valence-electron chi connectivity index (χ3n) is 2.42. The van der Waals surface area contributed by atoms with Crippen LogP contribution in [0.1, 0.15) is 5.56 Å². The molecular weight excluding hydrogens is 176 g/mol. The van der Waals surface area contributed by atoms with Crippen LogP contribution in [0, 0.1) is 31.1 Å². The Balaban J connectivity index is 2.11. The summed E-state index contributed by atoms with van der Waals surface area (Å²) in [5.74, 6) is 2.01. The Kier molecular flexibility index (Phi) is 1.63. The molecule has 1 aromatic carbocycles. The van der Waals surface area contributed by atoms with Crippen molar-refractivity contribution in [1.82, 2.24) is 0 Å². The molecular formula is C12H7O2. The van der Waals surface area contributed by atoms with Crippen LogP contribution < -0.4 is 4.74 Å². The van der Waals surface area contributed by atoms with E-state index in [4.69, 9.17) is 4.74 Å². The summed E-state index contributed by atoms with van der Waals surface area (Å²) in [6, 6.07) is 7.57. The molecule has 67 valence electrons. The Bertz CT molecular complexity index is 384. The van der Waals surface area contributed by atoms with E-state index in [2.05, 4.69) is 0 Å². The van der Waals surface area contributed by atoms with Crippen molar-refractivity contribution in [2.24, 2.45) is 0 Å². The summed E-state index contributed by atoms with van der Waals surface area (Å²) < 4.78 is 5.18. The van der Waals surface area contributed by atoms with E-state index in [9.17, 15) is 4.79 Å². The lowest BCUT2D eigenvalue weighted by molar-refractivity contribution is -0.132. The number of carbonyl (C=O) groups excluding carboxylic acids is 1. The predicted molar refractivity (Wildman–Crippen MR) is 50.6 cm³/mol. The molecule has 1 fully saturated rings. The van der Waals surface area contributed by atoms with Gasteiger partial charge in [0.05, 0.1) is 0 Å². The molecule has 5 radical (unpaired) electrons. The molecule has 1 saturated carbocycles. The third-order valence-corrected chi connectivity index (χ3v) is 2.42. The Hall–Kier alpha value is -1.31. The lowest BCUT2D eigenvalue weighted by Gasteiger charge is -2.24. The van der Waals surface area contributed by atoms with Crippen molar-refractivity contribution in [3.63, 3.8) is 0 Å². The number of fused-ring (bicyclic) bond motifs is 3. The summed E-state index contributed by atoms with van der Waals surface area (Å²) >= 11 is 0. The van der Waals surface area contributed by atoms with Crippen LogP contribution in [-0.2, 0) is 4.79 Å². The average Bonchev–Trinajstić information content (AvgIpc) is 2.67. The van der Waals surface area contributed by atoms with Crippen LogP contribution in [0.3, 0.4) is 0 Å². The molecule has 2 aliphatic rings. The van der Waals surface area contributed by atoms with E-state index in [1.54, 1.807) is 6.42 Å². The molecule has 1 heterocycles. The van der Waals surface area contributed by atoms with Crippen molar-refractivity contribution in [3.05, 3.63) is 60.9 Å². The lowest BCUT2D eigenvalue weighted by atomic mass is 9.86. The Labute approximate surface area is 82.9 Å². The second-order valence-corrected chi connectivity index (χ2v) is 3.24. The van der Waals surface area contributed by atoms with Crippen LogP contribution in [0.2, 0.25) is 0 Å². The first-order chi connectivity index (χ1) is 6.86. The number of para-hydroxylation sites is 1. The predicted octanol–water partition coefficient (Wildman–Crippen LogP) is 1.73. The highest BCUT2D eigenvalue weighted by atomic mass is 16.5. The highest BCUT2D eigenvalue weighted by molar-refractivity contribution is 5.99. The summed E-state index contributed by atoms with van der Waals surface area (Å²) in [6.45, 7) is 0. The van der Waals surface area contributed by atoms with Crippen LogP contribution in [0.4, 0.5) is 0 Å². The van der Waals surface area contributed by atoms with E-state index >= 15 is 0 Å². The highest BCUT2D eigenvalue weighted by Crippen LogP contribution is 2.45. The van der Waals surface area contributed by atoms with E-state index in [1.807, 2.05) is 37.1 Å². The summed E-state index contributed by atoms with van der Waals surface area (Å²) in [5, 5.41) is 0. The monoisotopic (exact) mass is 183 g/mol. The van der Waals surface area contributed by atoms with Crippen LogP contribution in [0.25, 0.3) is 0 Å². The van der Waals surface area contributed by atoms with Crippen LogP contribution in [-0.4, -0.2) is 5.97 Å².